The van der Waals surface area contributed by atoms with Gasteiger partial charge in [-0.05, 0) is 12.8 Å². The van der Waals surface area contributed by atoms with Crippen molar-refractivity contribution in [3.63, 3.8) is 0 Å². The summed E-state index contributed by atoms with van der Waals surface area (Å²) >= 11 is 0. The molecule has 80 valence electrons. The molecule has 0 aromatic carbocycles. The summed E-state index contributed by atoms with van der Waals surface area (Å²) in [5.74, 6) is 0.908. The Balaban J connectivity index is 2.64. The molecule has 0 saturated heterocycles. The van der Waals surface area contributed by atoms with E-state index in [1.807, 2.05) is 4.68 Å². The molecule has 1 aromatic heterocycles. The van der Waals surface area contributed by atoms with Crippen LogP contribution in [0.4, 0.5) is 0 Å². The van der Waals surface area contributed by atoms with Crippen LogP contribution in [0.3, 0.4) is 0 Å². The van der Waals surface area contributed by atoms with Crippen molar-refractivity contribution in [1.82, 2.24) is 14.8 Å². The van der Waals surface area contributed by atoms with Gasteiger partial charge in [0.1, 0.15) is 5.82 Å². The molecule has 0 saturated carbocycles. The molecule has 1 heterocycles. The Labute approximate surface area is 84.3 Å². The van der Waals surface area contributed by atoms with Gasteiger partial charge in [-0.1, -0.05) is 26.7 Å². The first-order chi connectivity index (χ1) is 6.77. The standard InChI is InChI=1S/C10H19N3O/c1-3-5-7-9-11-10(14)12-13(9)8-6-4-2/h3-8H2,1-2H3,(H,12,14). The Bertz CT molecular complexity index is 285. The quantitative estimate of drug-likeness (QED) is 0.754. The molecule has 4 nitrogen and oxygen atoms in total. The van der Waals surface area contributed by atoms with Gasteiger partial charge in [0.25, 0.3) is 0 Å². The van der Waals surface area contributed by atoms with Gasteiger partial charge < -0.3 is 0 Å². The highest BCUT2D eigenvalue weighted by atomic mass is 16.1. The molecule has 1 rings (SSSR count). The van der Waals surface area contributed by atoms with E-state index in [1.54, 1.807) is 0 Å². The minimum absolute atomic E-state index is 0.216. The van der Waals surface area contributed by atoms with Gasteiger partial charge in [-0.25, -0.2) is 9.89 Å². The minimum atomic E-state index is -0.216. The maximum Gasteiger partial charge on any atom is 0.361 e. The molecule has 0 amide bonds. The highest BCUT2D eigenvalue weighted by molar-refractivity contribution is 4.84. The second kappa shape index (κ2) is 5.62. The fourth-order valence-electron chi connectivity index (χ4n) is 1.41. The Morgan fingerprint density at radius 2 is 2.00 bits per heavy atom. The van der Waals surface area contributed by atoms with Crippen molar-refractivity contribution in [2.75, 3.05) is 0 Å². The lowest BCUT2D eigenvalue weighted by Crippen LogP contribution is -2.07. The highest BCUT2D eigenvalue weighted by Gasteiger charge is 2.04. The molecular weight excluding hydrogens is 178 g/mol. The summed E-state index contributed by atoms with van der Waals surface area (Å²) < 4.78 is 1.89. The van der Waals surface area contributed by atoms with Crippen molar-refractivity contribution in [1.29, 1.82) is 0 Å². The summed E-state index contributed by atoms with van der Waals surface area (Å²) in [7, 11) is 0. The van der Waals surface area contributed by atoms with E-state index >= 15 is 0 Å². The number of rotatable bonds is 6. The molecule has 0 atom stereocenters. The number of aryl methyl sites for hydroxylation is 2. The normalized spacial score (nSPS) is 10.7. The summed E-state index contributed by atoms with van der Waals surface area (Å²) in [6.45, 7) is 5.16. The highest BCUT2D eigenvalue weighted by Crippen LogP contribution is 2.01. The molecule has 0 aliphatic carbocycles. The van der Waals surface area contributed by atoms with E-state index in [2.05, 4.69) is 23.9 Å². The number of unbranched alkanes of at least 4 members (excludes halogenated alkanes) is 2. The Morgan fingerprint density at radius 3 is 2.64 bits per heavy atom. The van der Waals surface area contributed by atoms with E-state index in [1.165, 1.54) is 0 Å². The lowest BCUT2D eigenvalue weighted by atomic mass is 10.2. The van der Waals surface area contributed by atoms with Gasteiger partial charge in [-0.2, -0.15) is 4.98 Å². The third kappa shape index (κ3) is 3.01. The third-order valence-electron chi connectivity index (χ3n) is 2.26. The topological polar surface area (TPSA) is 50.7 Å². The van der Waals surface area contributed by atoms with Crippen LogP contribution in [0, 0.1) is 0 Å². The third-order valence-corrected chi connectivity index (χ3v) is 2.26. The summed E-state index contributed by atoms with van der Waals surface area (Å²) in [4.78, 5) is 15.0. The summed E-state index contributed by atoms with van der Waals surface area (Å²) in [6, 6.07) is 0. The van der Waals surface area contributed by atoms with Gasteiger partial charge in [0.05, 0.1) is 0 Å². The number of hydrogen-bond acceptors (Lipinski definition) is 2. The zero-order valence-corrected chi connectivity index (χ0v) is 9.05. The van der Waals surface area contributed by atoms with Gasteiger partial charge in [-0.15, -0.1) is 0 Å². The molecule has 0 unspecified atom stereocenters. The van der Waals surface area contributed by atoms with E-state index in [0.717, 1.165) is 44.5 Å². The van der Waals surface area contributed by atoms with Crippen molar-refractivity contribution < 1.29 is 0 Å². The molecule has 0 aliphatic heterocycles. The van der Waals surface area contributed by atoms with Gasteiger partial charge >= 0.3 is 5.69 Å². The number of nitrogens with zero attached hydrogens (tertiary/aromatic N) is 2. The second-order valence-electron chi connectivity index (χ2n) is 3.55. The van der Waals surface area contributed by atoms with Crippen LogP contribution in [0.15, 0.2) is 4.79 Å². The van der Waals surface area contributed by atoms with Crippen molar-refractivity contribution in [3.05, 3.63) is 16.3 Å². The maximum atomic E-state index is 11.0. The summed E-state index contributed by atoms with van der Waals surface area (Å²) in [6.07, 6.45) is 5.35. The lowest BCUT2D eigenvalue weighted by molar-refractivity contribution is 0.536. The number of H-pyrrole nitrogens is 1. The van der Waals surface area contributed by atoms with Gasteiger partial charge in [0.15, 0.2) is 0 Å². The molecule has 0 fully saturated rings. The molecule has 4 heteroatoms. The van der Waals surface area contributed by atoms with E-state index in [0.29, 0.717) is 0 Å². The van der Waals surface area contributed by atoms with Crippen LogP contribution in [-0.4, -0.2) is 14.8 Å². The van der Waals surface area contributed by atoms with E-state index in [9.17, 15) is 4.79 Å². The molecule has 14 heavy (non-hydrogen) atoms. The predicted octanol–water partition coefficient (Wildman–Crippen LogP) is 1.71. The van der Waals surface area contributed by atoms with Crippen LogP contribution in [0.25, 0.3) is 0 Å². The Kier molecular flexibility index (Phi) is 4.43. The SMILES string of the molecule is CCCCc1nc(=O)[nH]n1CCCC. The number of aromatic amines is 1. The van der Waals surface area contributed by atoms with Gasteiger partial charge in [0.2, 0.25) is 0 Å². The molecule has 1 N–H and O–H groups in total. The number of nitrogens with one attached hydrogen (secondary N) is 1. The minimum Gasteiger partial charge on any atom is -0.270 e. The molecule has 0 radical (unpaired) electrons. The largest absolute Gasteiger partial charge is 0.361 e. The number of hydrogen-bond donors (Lipinski definition) is 1. The average molecular weight is 197 g/mol. The molecule has 0 bridgehead atoms. The Morgan fingerprint density at radius 1 is 1.29 bits per heavy atom. The number of aromatic nitrogens is 3. The zero-order valence-electron chi connectivity index (χ0n) is 9.05. The average Bonchev–Trinajstić information content (AvgIpc) is 2.52. The van der Waals surface area contributed by atoms with Crippen molar-refractivity contribution >= 4 is 0 Å². The van der Waals surface area contributed by atoms with Gasteiger partial charge in [-0.3, -0.25) is 4.68 Å². The fraction of sp³-hybridized carbons (Fsp3) is 0.800. The van der Waals surface area contributed by atoms with Crippen LogP contribution < -0.4 is 5.69 Å². The van der Waals surface area contributed by atoms with Crippen LogP contribution in [0.2, 0.25) is 0 Å². The summed E-state index contributed by atoms with van der Waals surface area (Å²) in [5, 5.41) is 2.74. The Hall–Kier alpha value is -1.06. The maximum absolute atomic E-state index is 11.0. The second-order valence-corrected chi connectivity index (χ2v) is 3.55. The van der Waals surface area contributed by atoms with Crippen LogP contribution >= 0.6 is 0 Å². The lowest BCUT2D eigenvalue weighted by Gasteiger charge is -2.04. The van der Waals surface area contributed by atoms with E-state index in [4.69, 9.17) is 0 Å². The first-order valence-electron chi connectivity index (χ1n) is 5.43. The molecular formula is C10H19N3O. The molecule has 0 aliphatic rings. The van der Waals surface area contributed by atoms with Gasteiger partial charge in [0, 0.05) is 13.0 Å². The first kappa shape index (κ1) is 11.0. The van der Waals surface area contributed by atoms with Crippen LogP contribution in [0.1, 0.15) is 45.4 Å². The van der Waals surface area contributed by atoms with Crippen LogP contribution in [0.5, 0.6) is 0 Å². The first-order valence-corrected chi connectivity index (χ1v) is 5.43. The monoisotopic (exact) mass is 197 g/mol. The molecule has 0 spiro atoms. The fourth-order valence-corrected chi connectivity index (χ4v) is 1.41. The molecule has 1 aromatic rings. The van der Waals surface area contributed by atoms with Crippen molar-refractivity contribution in [2.24, 2.45) is 0 Å². The van der Waals surface area contributed by atoms with Crippen molar-refractivity contribution in [3.8, 4) is 0 Å². The van der Waals surface area contributed by atoms with E-state index in [-0.39, 0.29) is 5.69 Å². The predicted molar refractivity (Wildman–Crippen MR) is 56.4 cm³/mol. The van der Waals surface area contributed by atoms with E-state index < -0.39 is 0 Å². The summed E-state index contributed by atoms with van der Waals surface area (Å²) in [5.41, 5.74) is -0.216. The van der Waals surface area contributed by atoms with Crippen molar-refractivity contribution in [2.45, 2.75) is 52.5 Å². The van der Waals surface area contributed by atoms with Crippen LogP contribution in [-0.2, 0) is 13.0 Å². The smallest absolute Gasteiger partial charge is 0.270 e. The zero-order chi connectivity index (χ0) is 10.4.